The minimum Gasteiger partial charge on any atom is -0.338 e. The molecule has 1 amide bonds. The van der Waals surface area contributed by atoms with Crippen LogP contribution in [0.2, 0.25) is 0 Å². The molecular formula is C13H13BrN2O2. The number of carbonyl (C=O) groups excluding carboxylic acids is 1. The number of rotatable bonds is 3. The van der Waals surface area contributed by atoms with E-state index >= 15 is 0 Å². The molecule has 1 aromatic carbocycles. The number of nitrogens with zero attached hydrogens (tertiary/aromatic N) is 1. The normalized spacial score (nSPS) is 10.7. The Labute approximate surface area is 113 Å². The third kappa shape index (κ3) is 2.79. The Hall–Kier alpha value is -1.62. The average Bonchev–Trinajstić information content (AvgIpc) is 2.78. The Kier molecular flexibility index (Phi) is 3.81. The van der Waals surface area contributed by atoms with Crippen molar-refractivity contribution < 1.29 is 9.32 Å². The number of anilines is 1. The first-order valence-electron chi connectivity index (χ1n) is 5.60. The fourth-order valence-corrected chi connectivity index (χ4v) is 1.91. The molecule has 0 spiro atoms. The monoisotopic (exact) mass is 308 g/mol. The van der Waals surface area contributed by atoms with Crippen molar-refractivity contribution >= 4 is 27.7 Å². The molecule has 0 radical (unpaired) electrons. The van der Waals surface area contributed by atoms with Crippen LogP contribution in [0.5, 0.6) is 0 Å². The van der Waals surface area contributed by atoms with Crippen LogP contribution in [0.15, 0.2) is 39.3 Å². The molecule has 0 aliphatic heterocycles. The number of halogens is 1. The van der Waals surface area contributed by atoms with Gasteiger partial charge in [0.15, 0.2) is 0 Å². The van der Waals surface area contributed by atoms with Gasteiger partial charge in [-0.2, -0.15) is 0 Å². The zero-order valence-corrected chi connectivity index (χ0v) is 11.7. The highest BCUT2D eigenvalue weighted by atomic mass is 79.9. The number of benzene rings is 1. The minimum atomic E-state index is -0.228. The summed E-state index contributed by atoms with van der Waals surface area (Å²) in [5.41, 5.74) is 1.37. The minimum absolute atomic E-state index is 0.228. The summed E-state index contributed by atoms with van der Waals surface area (Å²) in [4.78, 5) is 12.0. The Morgan fingerprint density at radius 1 is 1.39 bits per heavy atom. The first-order chi connectivity index (χ1) is 8.58. The van der Waals surface area contributed by atoms with Crippen LogP contribution >= 0.6 is 15.9 Å². The Balaban J connectivity index is 2.14. The molecule has 0 unspecified atom stereocenters. The van der Waals surface area contributed by atoms with Crippen LogP contribution in [0.25, 0.3) is 0 Å². The zero-order chi connectivity index (χ0) is 13.1. The summed E-state index contributed by atoms with van der Waals surface area (Å²) in [6.45, 7) is 4.02. The van der Waals surface area contributed by atoms with Crippen LogP contribution < -0.4 is 5.32 Å². The van der Waals surface area contributed by atoms with Crippen LogP contribution in [-0.2, 0) is 0 Å². The van der Waals surface area contributed by atoms with Gasteiger partial charge < -0.3 is 4.52 Å². The second kappa shape index (κ2) is 5.35. The molecule has 0 saturated carbocycles. The Bertz CT molecular complexity index is 564. The molecule has 0 saturated heterocycles. The van der Waals surface area contributed by atoms with Crippen molar-refractivity contribution in [1.29, 1.82) is 0 Å². The molecule has 0 bridgehead atoms. The molecule has 18 heavy (non-hydrogen) atoms. The smallest absolute Gasteiger partial charge is 0.259 e. The largest absolute Gasteiger partial charge is 0.338 e. The van der Waals surface area contributed by atoms with Crippen LogP contribution in [0.3, 0.4) is 0 Å². The summed E-state index contributed by atoms with van der Waals surface area (Å²) in [5, 5.41) is 6.56. The molecular weight excluding hydrogens is 296 g/mol. The summed E-state index contributed by atoms with van der Waals surface area (Å²) in [7, 11) is 0. The number of amides is 1. The van der Waals surface area contributed by atoms with Gasteiger partial charge in [-0.1, -0.05) is 31.1 Å². The molecule has 1 aromatic heterocycles. The first-order valence-corrected chi connectivity index (χ1v) is 6.39. The van der Waals surface area contributed by atoms with Crippen molar-refractivity contribution in [3.8, 4) is 0 Å². The number of carbonyl (C=O) groups is 1. The maximum atomic E-state index is 12.0. The third-order valence-electron chi connectivity index (χ3n) is 2.48. The van der Waals surface area contributed by atoms with Crippen molar-refractivity contribution in [1.82, 2.24) is 5.16 Å². The van der Waals surface area contributed by atoms with Gasteiger partial charge in [0.2, 0.25) is 5.88 Å². The average molecular weight is 309 g/mol. The molecule has 0 atom stereocenters. The molecule has 4 nitrogen and oxygen atoms in total. The Morgan fingerprint density at radius 2 is 2.11 bits per heavy atom. The van der Waals surface area contributed by atoms with Gasteiger partial charge in [-0.05, 0) is 34.0 Å². The lowest BCUT2D eigenvalue weighted by Crippen LogP contribution is -2.11. The van der Waals surface area contributed by atoms with Crippen molar-refractivity contribution in [2.24, 2.45) is 0 Å². The standard InChI is InChI=1S/C13H13BrN2O2/c1-8(2)11-7-12(18-16-11)15-13(17)9-5-3-4-6-10(9)14/h3-8H,1-2H3,(H,15,17). The van der Waals surface area contributed by atoms with Gasteiger partial charge in [-0.25, -0.2) is 0 Å². The number of aromatic nitrogens is 1. The van der Waals surface area contributed by atoms with Crippen LogP contribution in [0.4, 0.5) is 5.88 Å². The summed E-state index contributed by atoms with van der Waals surface area (Å²) >= 11 is 3.33. The molecule has 5 heteroatoms. The van der Waals surface area contributed by atoms with Crippen LogP contribution in [0, 0.1) is 0 Å². The third-order valence-corrected chi connectivity index (χ3v) is 3.17. The molecule has 2 aromatic rings. The first kappa shape index (κ1) is 12.8. The second-order valence-corrected chi connectivity index (χ2v) is 5.06. The van der Waals surface area contributed by atoms with Crippen molar-refractivity contribution in [2.75, 3.05) is 5.32 Å². The molecule has 94 valence electrons. The van der Waals surface area contributed by atoms with E-state index in [0.717, 1.165) is 10.2 Å². The van der Waals surface area contributed by atoms with Gasteiger partial charge in [0.05, 0.1) is 11.3 Å². The lowest BCUT2D eigenvalue weighted by Gasteiger charge is -2.02. The van der Waals surface area contributed by atoms with Crippen LogP contribution in [-0.4, -0.2) is 11.1 Å². The number of hydrogen-bond acceptors (Lipinski definition) is 3. The van der Waals surface area contributed by atoms with E-state index in [9.17, 15) is 4.79 Å². The van der Waals surface area contributed by atoms with E-state index in [1.165, 1.54) is 0 Å². The van der Waals surface area contributed by atoms with Gasteiger partial charge in [0, 0.05) is 10.5 Å². The summed E-state index contributed by atoms with van der Waals surface area (Å²) < 4.78 is 5.80. The summed E-state index contributed by atoms with van der Waals surface area (Å²) in [6.07, 6.45) is 0. The topological polar surface area (TPSA) is 55.1 Å². The lowest BCUT2D eigenvalue weighted by atomic mass is 10.1. The lowest BCUT2D eigenvalue weighted by molar-refractivity contribution is 0.102. The van der Waals surface area contributed by atoms with E-state index in [1.807, 2.05) is 26.0 Å². The fourth-order valence-electron chi connectivity index (χ4n) is 1.44. The van der Waals surface area contributed by atoms with Crippen LogP contribution in [0.1, 0.15) is 35.8 Å². The maximum Gasteiger partial charge on any atom is 0.259 e. The van der Waals surface area contributed by atoms with E-state index in [0.29, 0.717) is 11.4 Å². The van der Waals surface area contributed by atoms with Crippen molar-refractivity contribution in [3.63, 3.8) is 0 Å². The van der Waals surface area contributed by atoms with Gasteiger partial charge in [0.25, 0.3) is 5.91 Å². The summed E-state index contributed by atoms with van der Waals surface area (Å²) in [5.74, 6) is 0.399. The van der Waals surface area contributed by atoms with Crippen molar-refractivity contribution in [3.05, 3.63) is 46.1 Å². The highest BCUT2D eigenvalue weighted by molar-refractivity contribution is 9.10. The predicted molar refractivity (Wildman–Crippen MR) is 72.7 cm³/mol. The maximum absolute atomic E-state index is 12.0. The molecule has 1 N–H and O–H groups in total. The van der Waals surface area contributed by atoms with Gasteiger partial charge in [0.1, 0.15) is 0 Å². The SMILES string of the molecule is CC(C)c1cc(NC(=O)c2ccccc2Br)on1. The Morgan fingerprint density at radius 3 is 2.72 bits per heavy atom. The van der Waals surface area contributed by atoms with Gasteiger partial charge >= 0.3 is 0 Å². The van der Waals surface area contributed by atoms with E-state index < -0.39 is 0 Å². The molecule has 0 aliphatic rings. The highest BCUT2D eigenvalue weighted by Crippen LogP contribution is 2.20. The van der Waals surface area contributed by atoms with E-state index in [-0.39, 0.29) is 11.8 Å². The van der Waals surface area contributed by atoms with Gasteiger partial charge in [-0.15, -0.1) is 0 Å². The van der Waals surface area contributed by atoms with E-state index in [1.54, 1.807) is 18.2 Å². The summed E-state index contributed by atoms with van der Waals surface area (Å²) in [6, 6.07) is 8.94. The molecule has 1 heterocycles. The van der Waals surface area contributed by atoms with E-state index in [4.69, 9.17) is 4.52 Å². The van der Waals surface area contributed by atoms with Gasteiger partial charge in [-0.3, -0.25) is 10.1 Å². The fraction of sp³-hybridized carbons (Fsp3) is 0.231. The quantitative estimate of drug-likeness (QED) is 0.938. The zero-order valence-electron chi connectivity index (χ0n) is 10.1. The predicted octanol–water partition coefficient (Wildman–Crippen LogP) is 3.81. The molecule has 2 rings (SSSR count). The molecule has 0 aliphatic carbocycles. The number of hydrogen-bond donors (Lipinski definition) is 1. The molecule has 0 fully saturated rings. The highest BCUT2D eigenvalue weighted by Gasteiger charge is 2.13. The number of nitrogens with one attached hydrogen (secondary N) is 1. The van der Waals surface area contributed by atoms with E-state index in [2.05, 4.69) is 26.4 Å². The van der Waals surface area contributed by atoms with Crippen molar-refractivity contribution in [2.45, 2.75) is 19.8 Å². The second-order valence-electron chi connectivity index (χ2n) is 4.20.